The normalized spacial score (nSPS) is 16.2. The van der Waals surface area contributed by atoms with Crippen molar-refractivity contribution in [1.82, 2.24) is 5.32 Å². The number of hydrogen-bond acceptors (Lipinski definition) is 2. The molecule has 2 rings (SSSR count). The summed E-state index contributed by atoms with van der Waals surface area (Å²) >= 11 is 1.66. The topological polar surface area (TPSA) is 29.1 Å². The van der Waals surface area contributed by atoms with Gasteiger partial charge in [0.15, 0.2) is 0 Å². The highest BCUT2D eigenvalue weighted by atomic mass is 32.2. The first kappa shape index (κ1) is 16.4. The fraction of sp³-hybridized carbons (Fsp3) is 0.611. The maximum atomic E-state index is 12.0. The van der Waals surface area contributed by atoms with Crippen LogP contribution in [0.3, 0.4) is 0 Å². The first-order valence-corrected chi connectivity index (χ1v) is 8.88. The molecule has 0 radical (unpaired) electrons. The largest absolute Gasteiger partial charge is 0.353 e. The summed E-state index contributed by atoms with van der Waals surface area (Å²) in [6.45, 7) is 8.78. The maximum Gasteiger partial charge on any atom is 0.230 e. The Bertz CT molecular complexity index is 498. The van der Waals surface area contributed by atoms with E-state index in [0.29, 0.717) is 11.8 Å². The SMILES string of the molecule is Cc1ccc(C(C)(C)C)cc1SCC(=O)NC1CCCC1. The van der Waals surface area contributed by atoms with Crippen LogP contribution in [0.1, 0.15) is 57.6 Å². The molecule has 0 spiro atoms. The summed E-state index contributed by atoms with van der Waals surface area (Å²) in [4.78, 5) is 13.3. The van der Waals surface area contributed by atoms with Gasteiger partial charge in [0.25, 0.3) is 0 Å². The molecule has 116 valence electrons. The highest BCUT2D eigenvalue weighted by molar-refractivity contribution is 8.00. The second kappa shape index (κ2) is 6.87. The molecule has 1 aliphatic rings. The minimum absolute atomic E-state index is 0.148. The maximum absolute atomic E-state index is 12.0. The monoisotopic (exact) mass is 305 g/mol. The second-order valence-corrected chi connectivity index (χ2v) is 8.09. The Balaban J connectivity index is 1.94. The molecule has 1 aromatic rings. The van der Waals surface area contributed by atoms with Crippen molar-refractivity contribution < 1.29 is 4.79 Å². The molecule has 1 amide bonds. The van der Waals surface area contributed by atoms with Gasteiger partial charge in [-0.15, -0.1) is 11.8 Å². The number of rotatable bonds is 4. The number of amides is 1. The van der Waals surface area contributed by atoms with Crippen molar-refractivity contribution in [1.29, 1.82) is 0 Å². The lowest BCUT2D eigenvalue weighted by molar-refractivity contribution is -0.119. The molecule has 0 saturated heterocycles. The molecular weight excluding hydrogens is 278 g/mol. The predicted octanol–water partition coefficient (Wildman–Crippen LogP) is 4.44. The summed E-state index contributed by atoms with van der Waals surface area (Å²) in [7, 11) is 0. The Hall–Kier alpha value is -0.960. The number of benzene rings is 1. The van der Waals surface area contributed by atoms with Crippen LogP contribution in [0.2, 0.25) is 0 Å². The fourth-order valence-electron chi connectivity index (χ4n) is 2.70. The molecule has 21 heavy (non-hydrogen) atoms. The summed E-state index contributed by atoms with van der Waals surface area (Å²) in [6.07, 6.45) is 4.81. The lowest BCUT2D eigenvalue weighted by atomic mass is 9.87. The lowest BCUT2D eigenvalue weighted by Crippen LogP contribution is -2.33. The van der Waals surface area contributed by atoms with Crippen LogP contribution in [0.25, 0.3) is 0 Å². The number of nitrogens with one attached hydrogen (secondary N) is 1. The molecule has 0 heterocycles. The molecule has 2 nitrogen and oxygen atoms in total. The lowest BCUT2D eigenvalue weighted by Gasteiger charge is -2.20. The van der Waals surface area contributed by atoms with Gasteiger partial charge in [-0.3, -0.25) is 4.79 Å². The molecule has 0 aliphatic heterocycles. The van der Waals surface area contributed by atoms with E-state index in [9.17, 15) is 4.79 Å². The summed E-state index contributed by atoms with van der Waals surface area (Å²) in [5, 5.41) is 3.15. The highest BCUT2D eigenvalue weighted by Gasteiger charge is 2.18. The zero-order chi connectivity index (χ0) is 15.5. The van der Waals surface area contributed by atoms with Crippen molar-refractivity contribution in [2.24, 2.45) is 0 Å². The van der Waals surface area contributed by atoms with Gasteiger partial charge in [0, 0.05) is 10.9 Å². The third-order valence-corrected chi connectivity index (χ3v) is 5.29. The molecule has 1 aliphatic carbocycles. The van der Waals surface area contributed by atoms with Gasteiger partial charge in [0.05, 0.1) is 5.75 Å². The van der Waals surface area contributed by atoms with Gasteiger partial charge in [0.2, 0.25) is 5.91 Å². The number of carbonyl (C=O) groups excluding carboxylic acids is 1. The first-order chi connectivity index (χ1) is 9.86. The van der Waals surface area contributed by atoms with Crippen LogP contribution in [0.15, 0.2) is 23.1 Å². The Kier molecular flexibility index (Phi) is 5.37. The Labute approximate surface area is 133 Å². The van der Waals surface area contributed by atoms with E-state index in [2.05, 4.69) is 51.2 Å². The molecule has 0 unspecified atom stereocenters. The Morgan fingerprint density at radius 2 is 1.95 bits per heavy atom. The number of hydrogen-bond donors (Lipinski definition) is 1. The van der Waals surface area contributed by atoms with Gasteiger partial charge >= 0.3 is 0 Å². The molecule has 0 aromatic heterocycles. The van der Waals surface area contributed by atoms with Crippen molar-refractivity contribution in [2.45, 2.75) is 69.7 Å². The van der Waals surface area contributed by atoms with E-state index in [1.807, 2.05) is 0 Å². The van der Waals surface area contributed by atoms with Gasteiger partial charge in [-0.1, -0.05) is 45.7 Å². The second-order valence-electron chi connectivity index (χ2n) is 7.07. The zero-order valence-electron chi connectivity index (χ0n) is 13.7. The summed E-state index contributed by atoms with van der Waals surface area (Å²) in [5.74, 6) is 0.692. The van der Waals surface area contributed by atoms with Crippen molar-refractivity contribution in [3.8, 4) is 0 Å². The number of thioether (sulfide) groups is 1. The number of carbonyl (C=O) groups is 1. The quantitative estimate of drug-likeness (QED) is 0.833. The van der Waals surface area contributed by atoms with E-state index in [-0.39, 0.29) is 11.3 Å². The van der Waals surface area contributed by atoms with E-state index in [4.69, 9.17) is 0 Å². The van der Waals surface area contributed by atoms with Crippen LogP contribution in [0, 0.1) is 6.92 Å². The van der Waals surface area contributed by atoms with Crippen molar-refractivity contribution in [3.63, 3.8) is 0 Å². The van der Waals surface area contributed by atoms with Gasteiger partial charge in [-0.2, -0.15) is 0 Å². The standard InChI is InChI=1S/C18H27NOS/c1-13-9-10-14(18(2,3)4)11-16(13)21-12-17(20)19-15-7-5-6-8-15/h9-11,15H,5-8,12H2,1-4H3,(H,19,20). The summed E-state index contributed by atoms with van der Waals surface area (Å²) < 4.78 is 0. The molecule has 1 fully saturated rings. The molecule has 3 heteroatoms. The minimum Gasteiger partial charge on any atom is -0.353 e. The predicted molar refractivity (Wildman–Crippen MR) is 91.0 cm³/mol. The van der Waals surface area contributed by atoms with Crippen LogP contribution in [-0.4, -0.2) is 17.7 Å². The smallest absolute Gasteiger partial charge is 0.230 e. The van der Waals surface area contributed by atoms with Crippen molar-refractivity contribution >= 4 is 17.7 Å². The van der Waals surface area contributed by atoms with Crippen LogP contribution >= 0.6 is 11.8 Å². The van der Waals surface area contributed by atoms with Crippen LogP contribution in [0.5, 0.6) is 0 Å². The third-order valence-electron chi connectivity index (χ3n) is 4.13. The van der Waals surface area contributed by atoms with E-state index >= 15 is 0 Å². The third kappa shape index (κ3) is 4.77. The van der Waals surface area contributed by atoms with E-state index in [0.717, 1.165) is 12.8 Å². The zero-order valence-corrected chi connectivity index (χ0v) is 14.5. The van der Waals surface area contributed by atoms with Gasteiger partial charge < -0.3 is 5.32 Å². The van der Waals surface area contributed by atoms with E-state index in [1.165, 1.54) is 28.9 Å². The van der Waals surface area contributed by atoms with E-state index < -0.39 is 0 Å². The molecule has 0 bridgehead atoms. The Morgan fingerprint density at radius 1 is 1.29 bits per heavy atom. The molecule has 0 atom stereocenters. The van der Waals surface area contributed by atoms with Crippen LogP contribution in [-0.2, 0) is 10.2 Å². The Morgan fingerprint density at radius 3 is 2.57 bits per heavy atom. The summed E-state index contributed by atoms with van der Waals surface area (Å²) in [5.41, 5.74) is 2.73. The van der Waals surface area contributed by atoms with Crippen molar-refractivity contribution in [3.05, 3.63) is 29.3 Å². The fourth-order valence-corrected chi connectivity index (χ4v) is 3.58. The van der Waals surface area contributed by atoms with Crippen molar-refractivity contribution in [2.75, 3.05) is 5.75 Å². The summed E-state index contributed by atoms with van der Waals surface area (Å²) in [6, 6.07) is 7.01. The average Bonchev–Trinajstić information content (AvgIpc) is 2.89. The minimum atomic E-state index is 0.148. The van der Waals surface area contributed by atoms with E-state index in [1.54, 1.807) is 11.8 Å². The van der Waals surface area contributed by atoms with Crippen LogP contribution < -0.4 is 5.32 Å². The molecule has 1 saturated carbocycles. The molecule has 1 aromatic carbocycles. The molecule has 1 N–H and O–H groups in total. The van der Waals surface area contributed by atoms with Gasteiger partial charge in [-0.25, -0.2) is 0 Å². The molecular formula is C18H27NOS. The highest BCUT2D eigenvalue weighted by Crippen LogP contribution is 2.29. The first-order valence-electron chi connectivity index (χ1n) is 7.89. The van der Waals surface area contributed by atoms with Gasteiger partial charge in [-0.05, 0) is 42.4 Å². The van der Waals surface area contributed by atoms with Crippen LogP contribution in [0.4, 0.5) is 0 Å². The van der Waals surface area contributed by atoms with Gasteiger partial charge in [0.1, 0.15) is 0 Å². The number of aryl methyl sites for hydroxylation is 1. The average molecular weight is 305 g/mol.